The van der Waals surface area contributed by atoms with Gasteiger partial charge in [-0.05, 0) is 30.7 Å². The second kappa shape index (κ2) is 8.07. The number of carbonyl (C=O) groups excluding carboxylic acids is 1. The van der Waals surface area contributed by atoms with Crippen molar-refractivity contribution in [2.45, 2.75) is 19.9 Å². The Balaban J connectivity index is 0.00000220. The van der Waals surface area contributed by atoms with E-state index >= 15 is 0 Å². The first-order valence-electron chi connectivity index (χ1n) is 6.28. The third kappa shape index (κ3) is 4.77. The monoisotopic (exact) mass is 329 g/mol. The fourth-order valence-corrected chi connectivity index (χ4v) is 2.54. The normalized spacial score (nSPS) is 10.0. The number of nitrogens with one attached hydrogen (secondary N) is 1. The lowest BCUT2D eigenvalue weighted by molar-refractivity contribution is 0.0946. The quantitative estimate of drug-likeness (QED) is 0.885. The molecule has 1 amide bonds. The van der Waals surface area contributed by atoms with Gasteiger partial charge in [-0.2, -0.15) is 0 Å². The molecule has 114 valence electrons. The zero-order valence-electron chi connectivity index (χ0n) is 11.6. The second-order valence-electron chi connectivity index (χ2n) is 4.43. The lowest BCUT2D eigenvalue weighted by Gasteiger charge is -2.05. The maximum Gasteiger partial charge on any atom is 0.271 e. The molecule has 0 aliphatic rings. The summed E-state index contributed by atoms with van der Waals surface area (Å²) >= 11 is 1.43. The molecule has 0 atom stereocenters. The molecule has 0 saturated carbocycles. The van der Waals surface area contributed by atoms with E-state index < -0.39 is 0 Å². The second-order valence-corrected chi connectivity index (χ2v) is 5.37. The van der Waals surface area contributed by atoms with E-state index in [0.717, 1.165) is 10.6 Å². The summed E-state index contributed by atoms with van der Waals surface area (Å²) < 4.78 is 13.1. The Kier molecular flexibility index (Phi) is 6.74. The van der Waals surface area contributed by atoms with Crippen LogP contribution in [0.15, 0.2) is 23.6 Å². The van der Waals surface area contributed by atoms with Crippen LogP contribution < -0.4 is 11.1 Å². The molecule has 0 bridgehead atoms. The average molecular weight is 330 g/mol. The van der Waals surface area contributed by atoms with Gasteiger partial charge < -0.3 is 11.1 Å². The van der Waals surface area contributed by atoms with Crippen LogP contribution >= 0.6 is 23.7 Å². The number of benzene rings is 1. The van der Waals surface area contributed by atoms with Gasteiger partial charge in [-0.1, -0.05) is 12.1 Å². The number of hydrogen-bond acceptors (Lipinski definition) is 4. The maximum atomic E-state index is 13.1. The first-order valence-corrected chi connectivity index (χ1v) is 7.16. The molecule has 4 nitrogen and oxygen atoms in total. The molecule has 1 aromatic heterocycles. The van der Waals surface area contributed by atoms with E-state index in [1.807, 2.05) is 0 Å². The fourth-order valence-electron chi connectivity index (χ4n) is 1.74. The van der Waals surface area contributed by atoms with Crippen molar-refractivity contribution < 1.29 is 9.18 Å². The van der Waals surface area contributed by atoms with Gasteiger partial charge in [0.15, 0.2) is 0 Å². The molecule has 21 heavy (non-hydrogen) atoms. The van der Waals surface area contributed by atoms with Crippen molar-refractivity contribution in [3.63, 3.8) is 0 Å². The Morgan fingerprint density at radius 3 is 2.90 bits per heavy atom. The molecule has 0 radical (unpaired) electrons. The average Bonchev–Trinajstić information content (AvgIpc) is 2.89. The number of nitrogens with zero attached hydrogens (tertiary/aromatic N) is 1. The Morgan fingerprint density at radius 2 is 2.24 bits per heavy atom. The third-order valence-electron chi connectivity index (χ3n) is 2.82. The molecule has 0 saturated heterocycles. The van der Waals surface area contributed by atoms with E-state index in [2.05, 4.69) is 10.3 Å². The predicted octanol–water partition coefficient (Wildman–Crippen LogP) is 2.44. The number of nitrogens with two attached hydrogens (primary N) is 1. The molecule has 7 heteroatoms. The summed E-state index contributed by atoms with van der Waals surface area (Å²) in [4.78, 5) is 16.1. The van der Waals surface area contributed by atoms with Gasteiger partial charge in [-0.15, -0.1) is 23.7 Å². The van der Waals surface area contributed by atoms with Crippen molar-refractivity contribution >= 4 is 29.7 Å². The van der Waals surface area contributed by atoms with E-state index in [1.54, 1.807) is 24.4 Å². The largest absolute Gasteiger partial charge is 0.347 e. The van der Waals surface area contributed by atoms with Crippen molar-refractivity contribution in [3.05, 3.63) is 51.2 Å². The fraction of sp³-hybridized carbons (Fsp3) is 0.286. The van der Waals surface area contributed by atoms with E-state index in [4.69, 9.17) is 5.73 Å². The summed E-state index contributed by atoms with van der Waals surface area (Å²) in [6, 6.07) is 4.78. The zero-order valence-corrected chi connectivity index (χ0v) is 13.2. The summed E-state index contributed by atoms with van der Waals surface area (Å²) in [5.41, 5.74) is 7.26. The minimum atomic E-state index is -0.244. The van der Waals surface area contributed by atoms with Crippen molar-refractivity contribution in [2.24, 2.45) is 5.73 Å². The SMILES string of the molecule is Cc1cc(CNC(=O)c2csc(CCN)n2)ccc1F.Cl. The maximum absolute atomic E-state index is 13.1. The van der Waals surface area contributed by atoms with Gasteiger partial charge in [0, 0.05) is 18.3 Å². The Morgan fingerprint density at radius 1 is 1.48 bits per heavy atom. The van der Waals surface area contributed by atoms with Crippen LogP contribution in [-0.2, 0) is 13.0 Å². The number of amides is 1. The third-order valence-corrected chi connectivity index (χ3v) is 3.73. The van der Waals surface area contributed by atoms with Crippen LogP contribution in [0, 0.1) is 12.7 Å². The van der Waals surface area contributed by atoms with Crippen molar-refractivity contribution in [1.82, 2.24) is 10.3 Å². The van der Waals surface area contributed by atoms with Gasteiger partial charge in [0.25, 0.3) is 5.91 Å². The van der Waals surface area contributed by atoms with Gasteiger partial charge in [-0.3, -0.25) is 4.79 Å². The van der Waals surface area contributed by atoms with Crippen LogP contribution in [0.2, 0.25) is 0 Å². The molecule has 0 aliphatic heterocycles. The van der Waals surface area contributed by atoms with Crippen LogP contribution in [-0.4, -0.2) is 17.4 Å². The van der Waals surface area contributed by atoms with Gasteiger partial charge in [0.1, 0.15) is 11.5 Å². The van der Waals surface area contributed by atoms with Gasteiger partial charge in [0.05, 0.1) is 5.01 Å². The predicted molar refractivity (Wildman–Crippen MR) is 84.4 cm³/mol. The number of thiazole rings is 1. The Bertz CT molecular complexity index is 618. The molecule has 2 rings (SSSR count). The van der Waals surface area contributed by atoms with Crippen molar-refractivity contribution in [1.29, 1.82) is 0 Å². The van der Waals surface area contributed by atoms with Crippen LogP contribution in [0.25, 0.3) is 0 Å². The highest BCUT2D eigenvalue weighted by atomic mass is 35.5. The van der Waals surface area contributed by atoms with Crippen molar-refractivity contribution in [2.75, 3.05) is 6.54 Å². The van der Waals surface area contributed by atoms with E-state index in [0.29, 0.717) is 30.8 Å². The van der Waals surface area contributed by atoms with Gasteiger partial charge in [0.2, 0.25) is 0 Å². The first kappa shape index (κ1) is 17.6. The standard InChI is InChI=1S/C14H16FN3OS.ClH/c1-9-6-10(2-3-11(9)15)7-17-14(19)12-8-20-13(18-12)4-5-16;/h2-3,6,8H,4-5,7,16H2,1H3,(H,17,19);1H. The number of halogens is 2. The smallest absolute Gasteiger partial charge is 0.271 e. The highest BCUT2D eigenvalue weighted by Crippen LogP contribution is 2.11. The number of aromatic nitrogens is 1. The molecule has 1 aromatic carbocycles. The highest BCUT2D eigenvalue weighted by Gasteiger charge is 2.10. The number of rotatable bonds is 5. The Labute approximate surface area is 133 Å². The minimum Gasteiger partial charge on any atom is -0.347 e. The highest BCUT2D eigenvalue weighted by molar-refractivity contribution is 7.09. The van der Waals surface area contributed by atoms with E-state index in [9.17, 15) is 9.18 Å². The molecule has 0 aliphatic carbocycles. The molecular formula is C14H17ClFN3OS. The van der Waals surface area contributed by atoms with E-state index in [-0.39, 0.29) is 24.1 Å². The van der Waals surface area contributed by atoms with Crippen LogP contribution in [0.3, 0.4) is 0 Å². The van der Waals surface area contributed by atoms with Crippen LogP contribution in [0.4, 0.5) is 4.39 Å². The molecule has 1 heterocycles. The zero-order chi connectivity index (χ0) is 14.5. The molecule has 3 N–H and O–H groups in total. The molecule has 0 spiro atoms. The number of carbonyl (C=O) groups is 1. The Hall–Kier alpha value is -1.50. The summed E-state index contributed by atoms with van der Waals surface area (Å²) in [6.07, 6.45) is 0.676. The van der Waals surface area contributed by atoms with Crippen LogP contribution in [0.1, 0.15) is 26.6 Å². The summed E-state index contributed by atoms with van der Waals surface area (Å²) in [5.74, 6) is -0.475. The topological polar surface area (TPSA) is 68.0 Å². The van der Waals surface area contributed by atoms with Gasteiger partial charge in [-0.25, -0.2) is 9.37 Å². The molecule has 2 aromatic rings. The lowest BCUT2D eigenvalue weighted by Crippen LogP contribution is -2.23. The molecule has 0 fully saturated rings. The van der Waals surface area contributed by atoms with Crippen molar-refractivity contribution in [3.8, 4) is 0 Å². The minimum absolute atomic E-state index is 0. The summed E-state index contributed by atoms with van der Waals surface area (Å²) in [5, 5.41) is 5.34. The summed E-state index contributed by atoms with van der Waals surface area (Å²) in [6.45, 7) is 2.56. The van der Waals surface area contributed by atoms with E-state index in [1.165, 1.54) is 17.4 Å². The summed E-state index contributed by atoms with van der Waals surface area (Å²) in [7, 11) is 0. The number of hydrogen-bond donors (Lipinski definition) is 2. The molecule has 0 unspecified atom stereocenters. The van der Waals surface area contributed by atoms with Gasteiger partial charge >= 0.3 is 0 Å². The molecular weight excluding hydrogens is 313 g/mol. The first-order chi connectivity index (χ1) is 9.60. The number of aryl methyl sites for hydroxylation is 1. The lowest BCUT2D eigenvalue weighted by atomic mass is 10.1. The van der Waals surface area contributed by atoms with Crippen LogP contribution in [0.5, 0.6) is 0 Å².